The number of para-hydroxylation sites is 2. The summed E-state index contributed by atoms with van der Waals surface area (Å²) in [7, 11) is -2.50. The second-order valence-corrected chi connectivity index (χ2v) is 13.3. The summed E-state index contributed by atoms with van der Waals surface area (Å²) in [6.45, 7) is 0.555. The average Bonchev–Trinajstić information content (AvgIpc) is 3.36. The average molecular weight is 614 g/mol. The number of fused-ring (bicyclic) bond motifs is 2. The van der Waals surface area contributed by atoms with E-state index < -0.39 is 27.4 Å². The number of carbonyl (C=O) groups excluding carboxylic acids is 2. The number of rotatable bonds is 7. The molecule has 3 aromatic carbocycles. The van der Waals surface area contributed by atoms with Crippen LogP contribution in [0.4, 0.5) is 0 Å². The lowest BCUT2D eigenvalue weighted by Crippen LogP contribution is -2.42. The number of amides is 2. The van der Waals surface area contributed by atoms with Crippen molar-refractivity contribution in [2.24, 2.45) is 0 Å². The molecule has 0 fully saturated rings. The van der Waals surface area contributed by atoms with Crippen LogP contribution in [-0.4, -0.2) is 66.7 Å². The van der Waals surface area contributed by atoms with Gasteiger partial charge in [-0.2, -0.15) is 0 Å². The molecule has 41 heavy (non-hydrogen) atoms. The number of aliphatic carboxylic acids is 1. The van der Waals surface area contributed by atoms with E-state index in [2.05, 4.69) is 21.2 Å². The van der Waals surface area contributed by atoms with Gasteiger partial charge in [0.1, 0.15) is 6.04 Å². The number of H-pyrrole nitrogens is 1. The summed E-state index contributed by atoms with van der Waals surface area (Å²) < 4.78 is 12.3. The third-order valence-electron chi connectivity index (χ3n) is 6.95. The smallest absolute Gasteiger partial charge is 0.326 e. The van der Waals surface area contributed by atoms with Gasteiger partial charge in [-0.1, -0.05) is 47.5 Å². The molecule has 1 unspecified atom stereocenters. The predicted octanol–water partition coefficient (Wildman–Crippen LogP) is 4.20. The van der Waals surface area contributed by atoms with Crippen molar-refractivity contribution >= 4 is 67.4 Å². The maximum Gasteiger partial charge on any atom is 0.326 e. The molecular weight excluding hydrogens is 587 g/mol. The zero-order chi connectivity index (χ0) is 29.5. The van der Waals surface area contributed by atoms with E-state index in [0.717, 1.165) is 5.52 Å². The van der Waals surface area contributed by atoms with Crippen molar-refractivity contribution in [3.8, 4) is 0 Å². The van der Waals surface area contributed by atoms with Gasteiger partial charge in [0.05, 0.1) is 26.6 Å². The van der Waals surface area contributed by atoms with Gasteiger partial charge in [0.2, 0.25) is 0 Å². The third-order valence-corrected chi connectivity index (χ3v) is 8.92. The number of benzene rings is 3. The van der Waals surface area contributed by atoms with Crippen molar-refractivity contribution in [3.63, 3.8) is 0 Å². The topological polar surface area (TPSA) is 132 Å². The molecule has 0 spiro atoms. The van der Waals surface area contributed by atoms with Crippen LogP contribution in [0.15, 0.2) is 59.5 Å². The van der Waals surface area contributed by atoms with Crippen LogP contribution in [0, 0.1) is 0 Å². The van der Waals surface area contributed by atoms with Crippen LogP contribution in [0.25, 0.3) is 11.0 Å². The van der Waals surface area contributed by atoms with Gasteiger partial charge >= 0.3 is 5.97 Å². The van der Waals surface area contributed by atoms with Crippen LogP contribution < -0.4 is 5.32 Å². The van der Waals surface area contributed by atoms with Crippen molar-refractivity contribution in [2.75, 3.05) is 12.8 Å². The number of hydrogen-bond donors (Lipinski definition) is 3. The van der Waals surface area contributed by atoms with Crippen LogP contribution in [-0.2, 0) is 33.7 Å². The van der Waals surface area contributed by atoms with E-state index in [1.54, 1.807) is 35.2 Å². The fraction of sp³-hybridized carbons (Fsp3) is 0.207. The predicted molar refractivity (Wildman–Crippen MR) is 159 cm³/mol. The first-order valence-corrected chi connectivity index (χ1v) is 15.5. The zero-order valence-electron chi connectivity index (χ0n) is 21.9. The molecule has 2 amide bonds. The first kappa shape index (κ1) is 28.7. The van der Waals surface area contributed by atoms with E-state index in [-0.39, 0.29) is 40.3 Å². The lowest BCUT2D eigenvalue weighted by Gasteiger charge is -2.30. The highest BCUT2D eigenvalue weighted by molar-refractivity contribution is 7.99. The van der Waals surface area contributed by atoms with Crippen molar-refractivity contribution in [3.05, 3.63) is 92.7 Å². The maximum absolute atomic E-state index is 13.3. The lowest BCUT2D eigenvalue weighted by molar-refractivity contribution is -0.139. The highest BCUT2D eigenvalue weighted by Gasteiger charge is 2.30. The lowest BCUT2D eigenvalue weighted by atomic mass is 9.96. The van der Waals surface area contributed by atoms with Crippen LogP contribution in [0.3, 0.4) is 0 Å². The van der Waals surface area contributed by atoms with E-state index in [9.17, 15) is 23.7 Å². The Bertz CT molecular complexity index is 1790. The summed E-state index contributed by atoms with van der Waals surface area (Å²) in [5, 5.41) is 12.5. The monoisotopic (exact) mass is 612 g/mol. The Kier molecular flexibility index (Phi) is 7.83. The van der Waals surface area contributed by atoms with Gasteiger partial charge in [0.25, 0.3) is 11.8 Å². The number of halogens is 2. The van der Waals surface area contributed by atoms with Crippen molar-refractivity contribution < 1.29 is 23.7 Å². The van der Waals surface area contributed by atoms with E-state index in [0.29, 0.717) is 40.1 Å². The number of carbonyl (C=O) groups is 3. The van der Waals surface area contributed by atoms with Crippen molar-refractivity contribution in [1.29, 1.82) is 0 Å². The van der Waals surface area contributed by atoms with Gasteiger partial charge in [-0.05, 0) is 68.8 Å². The molecule has 0 saturated carbocycles. The molecule has 2 heterocycles. The van der Waals surface area contributed by atoms with Gasteiger partial charge < -0.3 is 20.3 Å². The van der Waals surface area contributed by atoms with Gasteiger partial charge in [-0.25, -0.2) is 9.78 Å². The molecule has 1 aromatic heterocycles. The number of carboxylic acids is 1. The van der Waals surface area contributed by atoms with Crippen LogP contribution >= 0.6 is 23.2 Å². The quantitative estimate of drug-likeness (QED) is 0.268. The molecule has 2 atom stereocenters. The van der Waals surface area contributed by atoms with E-state index in [1.165, 1.54) is 6.26 Å². The fourth-order valence-corrected chi connectivity index (χ4v) is 6.38. The number of aromatic amines is 1. The fourth-order valence-electron chi connectivity index (χ4n) is 4.84. The molecule has 212 valence electrons. The van der Waals surface area contributed by atoms with E-state index in [1.807, 2.05) is 24.3 Å². The standard InChI is InChI=1S/C29H26Cl2N4O5S/c1-41(2,40)18-7-5-6-16(12-18)13-23(29(38)39)34-27(36)24-20(30)14-17-15-35(11-10-19(17)25(24)31)28(37)26-32-21-8-3-4-9-22(21)33-26/h3-9,12,14,23H,1,10-11,13,15H2,2H3,(H,32,33)(H,34,36)(H,38,39)/t23-,41?/m0/s1. The Balaban J connectivity index is 1.35. The molecule has 0 radical (unpaired) electrons. The normalized spacial score (nSPS) is 15.1. The van der Waals surface area contributed by atoms with Gasteiger partial charge in [0.15, 0.2) is 5.82 Å². The summed E-state index contributed by atoms with van der Waals surface area (Å²) in [5.41, 5.74) is 3.35. The van der Waals surface area contributed by atoms with Crippen LogP contribution in [0.5, 0.6) is 0 Å². The molecule has 5 rings (SSSR count). The van der Waals surface area contributed by atoms with Crippen molar-refractivity contribution in [1.82, 2.24) is 20.2 Å². The third kappa shape index (κ3) is 5.95. The van der Waals surface area contributed by atoms with Crippen LogP contribution in [0.2, 0.25) is 10.0 Å². The number of aromatic nitrogens is 2. The Hall–Kier alpha value is -3.86. The summed E-state index contributed by atoms with van der Waals surface area (Å²) in [6.07, 6.45) is 1.81. The highest BCUT2D eigenvalue weighted by Crippen LogP contribution is 2.35. The summed E-state index contributed by atoms with van der Waals surface area (Å²) in [5.74, 6) is 1.64. The molecule has 0 saturated heterocycles. The van der Waals surface area contributed by atoms with E-state index in [4.69, 9.17) is 23.2 Å². The molecule has 4 aromatic rings. The second-order valence-electron chi connectivity index (χ2n) is 9.99. The molecule has 0 bridgehead atoms. The van der Waals surface area contributed by atoms with Crippen molar-refractivity contribution in [2.45, 2.75) is 30.3 Å². The zero-order valence-corrected chi connectivity index (χ0v) is 24.3. The Morgan fingerprint density at radius 2 is 1.93 bits per heavy atom. The number of hydrogen-bond acceptors (Lipinski definition) is 5. The first-order valence-electron chi connectivity index (χ1n) is 12.6. The number of nitrogens with zero attached hydrogens (tertiary/aromatic N) is 2. The SMILES string of the molecule is C=S(C)(=O)c1cccc(C[C@H](NC(=O)c2c(Cl)cc3c(c2Cl)CCN(C(=O)c2nc4ccccc4[nH]2)C3)C(=O)O)c1. The van der Waals surface area contributed by atoms with Gasteiger partial charge in [-0.15, -0.1) is 0 Å². The summed E-state index contributed by atoms with van der Waals surface area (Å²) in [4.78, 5) is 48.0. The molecule has 12 heteroatoms. The Morgan fingerprint density at radius 3 is 2.63 bits per heavy atom. The number of carboxylic acid groups (broad SMARTS) is 1. The Morgan fingerprint density at radius 1 is 1.17 bits per heavy atom. The summed E-state index contributed by atoms with van der Waals surface area (Å²) in [6, 6.07) is 14.3. The summed E-state index contributed by atoms with van der Waals surface area (Å²) >= 11 is 13.2. The van der Waals surface area contributed by atoms with Gasteiger partial charge in [0, 0.05) is 30.7 Å². The molecular formula is C29H26Cl2N4O5S. The molecule has 1 aliphatic rings. The molecule has 3 N–H and O–H groups in total. The second kappa shape index (κ2) is 11.2. The van der Waals surface area contributed by atoms with E-state index >= 15 is 0 Å². The highest BCUT2D eigenvalue weighted by atomic mass is 35.5. The molecule has 9 nitrogen and oxygen atoms in total. The minimum atomic E-state index is -2.50. The maximum atomic E-state index is 13.3. The first-order chi connectivity index (χ1) is 19.4. The molecule has 0 aliphatic carbocycles. The number of nitrogens with one attached hydrogen (secondary N) is 2. The van der Waals surface area contributed by atoms with Crippen LogP contribution in [0.1, 0.15) is 37.7 Å². The number of imidazole rings is 1. The Labute approximate surface area is 246 Å². The van der Waals surface area contributed by atoms with Gasteiger partial charge in [-0.3, -0.25) is 13.8 Å². The molecule has 1 aliphatic heterocycles. The largest absolute Gasteiger partial charge is 0.480 e. The minimum Gasteiger partial charge on any atom is -0.480 e. The minimum absolute atomic E-state index is 0.0292.